The Hall–Kier alpha value is -2.63. The van der Waals surface area contributed by atoms with Gasteiger partial charge in [0.2, 0.25) is 0 Å². The Kier molecular flexibility index (Phi) is 5.23. The molecule has 3 aromatic rings. The number of benzene rings is 2. The molecule has 2 N–H and O–H groups in total. The third-order valence-electron chi connectivity index (χ3n) is 5.13. The molecule has 0 radical (unpaired) electrons. The van der Waals surface area contributed by atoms with E-state index in [0.29, 0.717) is 5.76 Å². The molecule has 140 valence electrons. The number of quaternary nitrogens is 1. The van der Waals surface area contributed by atoms with Crippen molar-refractivity contribution in [2.24, 2.45) is 0 Å². The van der Waals surface area contributed by atoms with Crippen LogP contribution >= 0.6 is 0 Å². The number of fused-ring (bicyclic) bond motifs is 1. The van der Waals surface area contributed by atoms with Gasteiger partial charge < -0.3 is 19.4 Å². The second-order valence-electron chi connectivity index (χ2n) is 7.15. The van der Waals surface area contributed by atoms with Gasteiger partial charge in [0.15, 0.2) is 5.76 Å². The van der Waals surface area contributed by atoms with Gasteiger partial charge in [0.05, 0.1) is 13.2 Å². The molecule has 1 atom stereocenters. The highest BCUT2D eigenvalue weighted by Crippen LogP contribution is 2.20. The second kappa shape index (κ2) is 7.94. The van der Waals surface area contributed by atoms with Crippen molar-refractivity contribution in [3.05, 3.63) is 71.5 Å². The minimum absolute atomic E-state index is 0.0700. The van der Waals surface area contributed by atoms with Crippen LogP contribution < -0.4 is 10.2 Å². The van der Waals surface area contributed by atoms with Crippen LogP contribution in [0, 0.1) is 6.92 Å². The molecule has 4 rings (SSSR count). The first-order valence-corrected chi connectivity index (χ1v) is 9.46. The lowest BCUT2D eigenvalue weighted by atomic mass is 10.0. The third-order valence-corrected chi connectivity index (χ3v) is 5.13. The minimum atomic E-state index is -0.176. The Labute approximate surface area is 158 Å². The first kappa shape index (κ1) is 17.8. The average Bonchev–Trinajstić information content (AvgIpc) is 3.13. The van der Waals surface area contributed by atoms with Gasteiger partial charge in [-0.3, -0.25) is 4.79 Å². The number of aryl methyl sites for hydroxylation is 1. The van der Waals surface area contributed by atoms with Crippen LogP contribution in [0.3, 0.4) is 0 Å². The van der Waals surface area contributed by atoms with Crippen LogP contribution in [0.5, 0.6) is 0 Å². The fourth-order valence-corrected chi connectivity index (χ4v) is 3.53. The summed E-state index contributed by atoms with van der Waals surface area (Å²) in [6.07, 6.45) is 0. The molecule has 5 heteroatoms. The molecule has 0 saturated carbocycles. The summed E-state index contributed by atoms with van der Waals surface area (Å²) >= 11 is 0. The summed E-state index contributed by atoms with van der Waals surface area (Å²) in [6, 6.07) is 17.8. The Morgan fingerprint density at radius 1 is 1.11 bits per heavy atom. The third kappa shape index (κ3) is 4.21. The topological polar surface area (TPSA) is 55.9 Å². The molecule has 1 amide bonds. The van der Waals surface area contributed by atoms with Crippen LogP contribution in [0.4, 0.5) is 0 Å². The summed E-state index contributed by atoms with van der Waals surface area (Å²) in [5.41, 5.74) is 3.05. The van der Waals surface area contributed by atoms with E-state index in [0.717, 1.165) is 49.4 Å². The van der Waals surface area contributed by atoms with Gasteiger partial charge in [-0.25, -0.2) is 0 Å². The van der Waals surface area contributed by atoms with Crippen molar-refractivity contribution < 1.29 is 18.8 Å². The first-order valence-electron chi connectivity index (χ1n) is 9.46. The Bertz CT molecular complexity index is 878. The zero-order chi connectivity index (χ0) is 18.6. The van der Waals surface area contributed by atoms with E-state index < -0.39 is 0 Å². The normalized spacial score (nSPS) is 16.3. The molecule has 0 aliphatic carbocycles. The van der Waals surface area contributed by atoms with Crippen molar-refractivity contribution >= 4 is 16.9 Å². The fourth-order valence-electron chi connectivity index (χ4n) is 3.53. The summed E-state index contributed by atoms with van der Waals surface area (Å²) < 4.78 is 11.2. The molecule has 1 aliphatic rings. The van der Waals surface area contributed by atoms with E-state index in [-0.39, 0.29) is 11.9 Å². The fraction of sp³-hybridized carbons (Fsp3) is 0.318. The number of carbonyl (C=O) groups is 1. The first-order chi connectivity index (χ1) is 13.2. The maximum Gasteiger partial charge on any atom is 0.287 e. The van der Waals surface area contributed by atoms with Gasteiger partial charge in [-0.2, -0.15) is 0 Å². The summed E-state index contributed by atoms with van der Waals surface area (Å²) in [5.74, 6) is 0.176. The van der Waals surface area contributed by atoms with E-state index in [4.69, 9.17) is 9.15 Å². The van der Waals surface area contributed by atoms with E-state index in [1.54, 1.807) is 6.07 Å². The molecule has 27 heavy (non-hydrogen) atoms. The quantitative estimate of drug-likeness (QED) is 0.728. The van der Waals surface area contributed by atoms with Gasteiger partial charge in [-0.15, -0.1) is 0 Å². The van der Waals surface area contributed by atoms with Crippen LogP contribution in [0.1, 0.15) is 27.7 Å². The van der Waals surface area contributed by atoms with Gasteiger partial charge in [0.25, 0.3) is 5.91 Å². The van der Waals surface area contributed by atoms with Crippen molar-refractivity contribution in [3.63, 3.8) is 0 Å². The van der Waals surface area contributed by atoms with Gasteiger partial charge in [-0.1, -0.05) is 48.0 Å². The largest absolute Gasteiger partial charge is 0.451 e. The Morgan fingerprint density at radius 2 is 1.85 bits per heavy atom. The molecule has 1 saturated heterocycles. The lowest BCUT2D eigenvalue weighted by Crippen LogP contribution is -3.14. The van der Waals surface area contributed by atoms with E-state index in [1.165, 1.54) is 10.5 Å². The predicted octanol–water partition coefficient (Wildman–Crippen LogP) is 2.13. The summed E-state index contributed by atoms with van der Waals surface area (Å²) in [7, 11) is 0. The molecule has 2 aromatic carbocycles. The molecular weight excluding hydrogens is 340 g/mol. The van der Waals surface area contributed by atoms with E-state index in [2.05, 4.69) is 36.5 Å². The number of furan rings is 1. The van der Waals surface area contributed by atoms with Crippen molar-refractivity contribution in [1.82, 2.24) is 5.32 Å². The highest BCUT2D eigenvalue weighted by molar-refractivity contribution is 5.96. The average molecular weight is 365 g/mol. The number of rotatable bonds is 5. The molecule has 2 heterocycles. The summed E-state index contributed by atoms with van der Waals surface area (Å²) in [4.78, 5) is 14.3. The maximum atomic E-state index is 12.9. The zero-order valence-corrected chi connectivity index (χ0v) is 15.5. The number of morpholine rings is 1. The number of carbonyl (C=O) groups excluding carboxylic acids is 1. The van der Waals surface area contributed by atoms with Gasteiger partial charge in [0.1, 0.15) is 31.3 Å². The van der Waals surface area contributed by atoms with E-state index in [1.807, 2.05) is 24.3 Å². The minimum Gasteiger partial charge on any atom is -0.451 e. The number of amides is 1. The zero-order valence-electron chi connectivity index (χ0n) is 15.5. The highest BCUT2D eigenvalue weighted by Gasteiger charge is 2.24. The smallest absolute Gasteiger partial charge is 0.287 e. The molecule has 0 spiro atoms. The number of hydrogen-bond donors (Lipinski definition) is 2. The number of hydrogen-bond acceptors (Lipinski definition) is 3. The van der Waals surface area contributed by atoms with E-state index in [9.17, 15) is 4.79 Å². The van der Waals surface area contributed by atoms with Crippen molar-refractivity contribution in [2.75, 3.05) is 32.8 Å². The molecule has 1 aromatic heterocycles. The van der Waals surface area contributed by atoms with Crippen molar-refractivity contribution in [3.8, 4) is 0 Å². The molecule has 5 nitrogen and oxygen atoms in total. The van der Waals surface area contributed by atoms with Gasteiger partial charge in [0, 0.05) is 5.39 Å². The molecule has 0 bridgehead atoms. The van der Waals surface area contributed by atoms with Crippen LogP contribution in [-0.2, 0) is 4.74 Å². The van der Waals surface area contributed by atoms with Crippen molar-refractivity contribution in [1.29, 1.82) is 0 Å². The number of para-hydroxylation sites is 1. The van der Waals surface area contributed by atoms with Gasteiger partial charge >= 0.3 is 0 Å². The highest BCUT2D eigenvalue weighted by atomic mass is 16.5. The second-order valence-corrected chi connectivity index (χ2v) is 7.15. The SMILES string of the molecule is Cc1ccc([C@@H](C[NH+]2CCOCC2)NC(=O)c2cc3ccccc3o2)cc1. The van der Waals surface area contributed by atoms with Gasteiger partial charge in [-0.05, 0) is 24.6 Å². The molecule has 1 aliphatic heterocycles. The molecular formula is C22H25N2O3+. The van der Waals surface area contributed by atoms with Crippen LogP contribution in [0.2, 0.25) is 0 Å². The molecule has 1 fully saturated rings. The summed E-state index contributed by atoms with van der Waals surface area (Å²) in [6.45, 7) is 6.37. The predicted molar refractivity (Wildman–Crippen MR) is 104 cm³/mol. The summed E-state index contributed by atoms with van der Waals surface area (Å²) in [5, 5.41) is 4.12. The number of ether oxygens (including phenoxy) is 1. The van der Waals surface area contributed by atoms with E-state index >= 15 is 0 Å². The van der Waals surface area contributed by atoms with Crippen LogP contribution in [0.15, 0.2) is 59.0 Å². The van der Waals surface area contributed by atoms with Crippen LogP contribution in [-0.4, -0.2) is 38.8 Å². The molecule has 0 unspecified atom stereocenters. The van der Waals surface area contributed by atoms with Crippen molar-refractivity contribution in [2.45, 2.75) is 13.0 Å². The Morgan fingerprint density at radius 3 is 2.59 bits per heavy atom. The number of nitrogens with one attached hydrogen (secondary N) is 2. The maximum absolute atomic E-state index is 12.9. The monoisotopic (exact) mass is 365 g/mol. The standard InChI is InChI=1S/C22H24N2O3/c1-16-6-8-17(9-7-16)19(15-24-10-12-26-13-11-24)23-22(25)21-14-18-4-2-3-5-20(18)27-21/h2-9,14,19H,10-13,15H2,1H3,(H,23,25)/p+1/t19-/m1/s1. The lowest BCUT2D eigenvalue weighted by molar-refractivity contribution is -0.909. The van der Waals surface area contributed by atoms with Crippen LogP contribution in [0.25, 0.3) is 11.0 Å². The Balaban J connectivity index is 1.55. The lowest BCUT2D eigenvalue weighted by Gasteiger charge is -2.28.